The third-order valence-corrected chi connectivity index (χ3v) is 9.39. The first-order chi connectivity index (χ1) is 23.4. The van der Waals surface area contributed by atoms with E-state index in [2.05, 4.69) is 34.3 Å². The van der Waals surface area contributed by atoms with Crippen LogP contribution in [-0.2, 0) is 6.42 Å². The van der Waals surface area contributed by atoms with E-state index in [1.54, 1.807) is 13.2 Å². The highest BCUT2D eigenvalue weighted by atomic mass is 16.5. The molecule has 4 aliphatic heterocycles. The molecule has 10 nitrogen and oxygen atoms in total. The number of ether oxygens (including phenoxy) is 3. The fourth-order valence-electron chi connectivity index (χ4n) is 6.71. The number of piperazine rings is 1. The van der Waals surface area contributed by atoms with Crippen LogP contribution in [0, 0.1) is 0 Å². The number of nitrogens with zero attached hydrogens (tertiary/aromatic N) is 3. The van der Waals surface area contributed by atoms with Crippen molar-refractivity contribution in [2.75, 3.05) is 64.9 Å². The van der Waals surface area contributed by atoms with Crippen molar-refractivity contribution in [3.05, 3.63) is 107 Å². The number of nitrogens with one attached hydrogen (secondary N) is 1. The summed E-state index contributed by atoms with van der Waals surface area (Å²) < 4.78 is 18.2. The van der Waals surface area contributed by atoms with Crippen molar-refractivity contribution in [2.45, 2.75) is 18.9 Å². The number of anilines is 1. The van der Waals surface area contributed by atoms with Gasteiger partial charge in [0.15, 0.2) is 11.5 Å². The van der Waals surface area contributed by atoms with Gasteiger partial charge in [0, 0.05) is 50.5 Å². The van der Waals surface area contributed by atoms with Crippen LogP contribution in [0.5, 0.6) is 28.7 Å². The SMILES string of the molecule is COc1cc2c3cc1Oc1ccc(O)c(c1)C(=O)NCCCOc1cccc(c1)C2N(C(=O)c1ccc(N2CCN(C)CC2)cc1)CC3. The Morgan fingerprint density at radius 1 is 0.938 bits per heavy atom. The molecular weight excluding hydrogens is 608 g/mol. The normalized spacial score (nSPS) is 18.2. The lowest BCUT2D eigenvalue weighted by Crippen LogP contribution is -2.44. The smallest absolute Gasteiger partial charge is 0.255 e. The molecule has 0 spiro atoms. The fraction of sp³-hybridized carbons (Fsp3) is 0.316. The molecule has 1 saturated heterocycles. The summed E-state index contributed by atoms with van der Waals surface area (Å²) in [4.78, 5) is 33.8. The molecule has 8 bridgehead atoms. The van der Waals surface area contributed by atoms with Gasteiger partial charge in [-0.05, 0) is 103 Å². The molecule has 0 aliphatic carbocycles. The van der Waals surface area contributed by atoms with E-state index >= 15 is 0 Å². The average Bonchev–Trinajstić information content (AvgIpc) is 3.11. The van der Waals surface area contributed by atoms with Crippen molar-refractivity contribution in [2.24, 2.45) is 0 Å². The van der Waals surface area contributed by atoms with Gasteiger partial charge in [0.25, 0.3) is 11.8 Å². The molecule has 4 aliphatic rings. The van der Waals surface area contributed by atoms with Crippen molar-refractivity contribution in [1.29, 1.82) is 0 Å². The third-order valence-electron chi connectivity index (χ3n) is 9.39. The van der Waals surface area contributed by atoms with E-state index in [9.17, 15) is 14.7 Å². The summed E-state index contributed by atoms with van der Waals surface area (Å²) in [7, 11) is 3.72. The van der Waals surface area contributed by atoms with Crippen LogP contribution in [0.4, 0.5) is 5.69 Å². The highest BCUT2D eigenvalue weighted by Gasteiger charge is 2.34. The third kappa shape index (κ3) is 6.35. The number of fused-ring (bicyclic) bond motifs is 6. The van der Waals surface area contributed by atoms with Gasteiger partial charge in [0.05, 0.1) is 25.3 Å². The van der Waals surface area contributed by atoms with Gasteiger partial charge >= 0.3 is 0 Å². The number of likely N-dealkylation sites (N-methyl/N-ethyl adjacent to an activating group) is 1. The summed E-state index contributed by atoms with van der Waals surface area (Å²) in [5, 5.41) is 13.3. The van der Waals surface area contributed by atoms with Gasteiger partial charge in [0.1, 0.15) is 17.2 Å². The van der Waals surface area contributed by atoms with Crippen LogP contribution in [0.1, 0.15) is 49.9 Å². The van der Waals surface area contributed by atoms with Crippen molar-refractivity contribution in [3.8, 4) is 28.7 Å². The Kier molecular flexibility index (Phi) is 8.82. The van der Waals surface area contributed by atoms with E-state index < -0.39 is 11.9 Å². The first kappa shape index (κ1) is 31.4. The lowest BCUT2D eigenvalue weighted by atomic mass is 9.87. The Balaban J connectivity index is 1.27. The van der Waals surface area contributed by atoms with Gasteiger partial charge in [-0.25, -0.2) is 0 Å². The van der Waals surface area contributed by atoms with Gasteiger partial charge in [0.2, 0.25) is 0 Å². The number of methoxy groups -OCH3 is 1. The van der Waals surface area contributed by atoms with E-state index in [0.29, 0.717) is 61.1 Å². The maximum Gasteiger partial charge on any atom is 0.255 e. The summed E-state index contributed by atoms with van der Waals surface area (Å²) in [5.41, 5.74) is 4.77. The van der Waals surface area contributed by atoms with Crippen molar-refractivity contribution in [1.82, 2.24) is 15.1 Å². The second kappa shape index (κ2) is 13.5. The van der Waals surface area contributed by atoms with Crippen LogP contribution in [0.2, 0.25) is 0 Å². The molecule has 4 aromatic carbocycles. The first-order valence-corrected chi connectivity index (χ1v) is 16.4. The van der Waals surface area contributed by atoms with Crippen molar-refractivity contribution in [3.63, 3.8) is 0 Å². The zero-order valence-electron chi connectivity index (χ0n) is 27.3. The van der Waals surface area contributed by atoms with Crippen LogP contribution < -0.4 is 24.4 Å². The predicted molar refractivity (Wildman–Crippen MR) is 183 cm³/mol. The number of carbonyl (C=O) groups excluding carboxylic acids is 2. The van der Waals surface area contributed by atoms with Gasteiger partial charge in [-0.2, -0.15) is 0 Å². The number of hydrogen-bond donors (Lipinski definition) is 2. The minimum Gasteiger partial charge on any atom is -0.507 e. The Hall–Kier alpha value is -5.22. The van der Waals surface area contributed by atoms with Crippen molar-refractivity contribution >= 4 is 17.5 Å². The lowest BCUT2D eigenvalue weighted by molar-refractivity contribution is 0.0693. The molecule has 1 atom stereocenters. The molecule has 0 saturated carbocycles. The molecule has 4 aromatic rings. The molecule has 2 amide bonds. The second-order valence-electron chi connectivity index (χ2n) is 12.5. The highest BCUT2D eigenvalue weighted by molar-refractivity contribution is 5.97. The molecule has 248 valence electrons. The molecule has 0 radical (unpaired) electrons. The molecule has 8 rings (SSSR count). The van der Waals surface area contributed by atoms with E-state index in [1.165, 1.54) is 12.1 Å². The standard InChI is InChI=1S/C38H40N4O6/c1-40-16-18-41(19-17-40)28-9-7-25(8-10-28)38(45)42-15-13-26-22-35-34(46-2)24-31(26)36(42)27-5-3-6-29(21-27)47-20-4-14-39-37(44)32-23-30(48-35)11-12-33(32)43/h3,5-12,21-24,36,43H,4,13-20H2,1-2H3,(H,39,44). The maximum atomic E-state index is 14.3. The van der Waals surface area contributed by atoms with Crippen LogP contribution in [0.15, 0.2) is 78.9 Å². The lowest BCUT2D eigenvalue weighted by Gasteiger charge is -2.38. The number of aromatic hydroxyl groups is 1. The number of hydrogen-bond acceptors (Lipinski definition) is 8. The molecular formula is C38H40N4O6. The van der Waals surface area contributed by atoms with Gasteiger partial charge < -0.3 is 39.3 Å². The van der Waals surface area contributed by atoms with Crippen LogP contribution >= 0.6 is 0 Å². The molecule has 48 heavy (non-hydrogen) atoms. The molecule has 1 fully saturated rings. The number of benzene rings is 4. The molecule has 2 N–H and O–H groups in total. The van der Waals surface area contributed by atoms with Crippen LogP contribution in [0.3, 0.4) is 0 Å². The monoisotopic (exact) mass is 648 g/mol. The van der Waals surface area contributed by atoms with Gasteiger partial charge in [-0.3, -0.25) is 9.59 Å². The number of phenolic OH excluding ortho intramolecular Hbond substituents is 1. The summed E-state index contributed by atoms with van der Waals surface area (Å²) >= 11 is 0. The quantitative estimate of drug-likeness (QED) is 0.311. The Bertz CT molecular complexity index is 1820. The number of phenols is 1. The predicted octanol–water partition coefficient (Wildman–Crippen LogP) is 5.25. The Morgan fingerprint density at radius 2 is 1.75 bits per heavy atom. The number of carbonyl (C=O) groups is 2. The summed E-state index contributed by atoms with van der Waals surface area (Å²) in [6, 6.07) is 23.9. The minimum atomic E-state index is -0.403. The first-order valence-electron chi connectivity index (χ1n) is 16.4. The Labute approximate surface area is 280 Å². The van der Waals surface area contributed by atoms with Gasteiger partial charge in [-0.15, -0.1) is 0 Å². The minimum absolute atomic E-state index is 0.0456. The molecule has 10 heteroatoms. The summed E-state index contributed by atoms with van der Waals surface area (Å²) in [6.45, 7) is 5.19. The average molecular weight is 649 g/mol. The topological polar surface area (TPSA) is 104 Å². The fourth-order valence-corrected chi connectivity index (χ4v) is 6.71. The largest absolute Gasteiger partial charge is 0.507 e. The van der Waals surface area contributed by atoms with Crippen LogP contribution in [0.25, 0.3) is 0 Å². The second-order valence-corrected chi connectivity index (χ2v) is 12.5. The molecule has 1 unspecified atom stereocenters. The highest BCUT2D eigenvalue weighted by Crippen LogP contribution is 2.44. The van der Waals surface area contributed by atoms with Gasteiger partial charge in [-0.1, -0.05) is 12.1 Å². The molecule has 0 aromatic heterocycles. The zero-order valence-corrected chi connectivity index (χ0v) is 27.3. The zero-order chi connectivity index (χ0) is 33.2. The number of rotatable bonds is 3. The maximum absolute atomic E-state index is 14.3. The van der Waals surface area contributed by atoms with E-state index in [1.807, 2.05) is 53.4 Å². The van der Waals surface area contributed by atoms with Crippen LogP contribution in [-0.4, -0.2) is 86.8 Å². The summed E-state index contributed by atoms with van der Waals surface area (Å²) in [6.07, 6.45) is 1.17. The van der Waals surface area contributed by atoms with E-state index in [0.717, 1.165) is 48.6 Å². The van der Waals surface area contributed by atoms with Crippen molar-refractivity contribution < 1.29 is 28.9 Å². The number of amides is 2. The van der Waals surface area contributed by atoms with E-state index in [4.69, 9.17) is 14.2 Å². The Morgan fingerprint density at radius 3 is 2.54 bits per heavy atom. The van der Waals surface area contributed by atoms with E-state index in [-0.39, 0.29) is 17.2 Å². The molecule has 4 heterocycles. The summed E-state index contributed by atoms with van der Waals surface area (Å²) in [5.74, 6) is 1.43.